The van der Waals surface area contributed by atoms with Gasteiger partial charge in [-0.25, -0.2) is 0 Å². The summed E-state index contributed by atoms with van der Waals surface area (Å²) in [4.78, 5) is 1.12. The molecule has 1 unspecified atom stereocenters. The zero-order valence-corrected chi connectivity index (χ0v) is 15.2. The minimum Gasteiger partial charge on any atom is -0.193 e. The van der Waals surface area contributed by atoms with Crippen LogP contribution in [0.25, 0.3) is 0 Å². The fourth-order valence-corrected chi connectivity index (χ4v) is 5.85. The lowest BCUT2D eigenvalue weighted by atomic mass is 9.82. The summed E-state index contributed by atoms with van der Waals surface area (Å²) >= 11 is 5.22. The Kier molecular flexibility index (Phi) is 5.18. The van der Waals surface area contributed by atoms with E-state index in [4.69, 9.17) is 0 Å². The summed E-state index contributed by atoms with van der Waals surface area (Å²) in [5.41, 5.74) is 1.21. The molecule has 0 saturated carbocycles. The second kappa shape index (κ2) is 7.32. The van der Waals surface area contributed by atoms with Gasteiger partial charge < -0.3 is 0 Å². The average molecular weight is 354 g/mol. The fraction of sp³-hybridized carbons (Fsp3) is 0.211. The van der Waals surface area contributed by atoms with E-state index in [1.165, 1.54) is 0 Å². The summed E-state index contributed by atoms with van der Waals surface area (Å²) in [6.07, 6.45) is 0. The zero-order chi connectivity index (χ0) is 16.1. The molecule has 0 N–H and O–H groups in total. The SMILES string of the molecule is CC(C#Cc1ccccc1)(C(C#N)=C1SCCS1)c1cccs1. The molecule has 1 aliphatic rings. The van der Waals surface area contributed by atoms with Gasteiger partial charge in [-0.15, -0.1) is 34.9 Å². The number of allylic oxidation sites excluding steroid dienone is 1. The molecule has 1 aliphatic heterocycles. The first-order chi connectivity index (χ1) is 11.2. The van der Waals surface area contributed by atoms with Crippen LogP contribution in [-0.2, 0) is 5.41 Å². The molecule has 1 fully saturated rings. The molecule has 2 aromatic rings. The van der Waals surface area contributed by atoms with Crippen LogP contribution in [0.5, 0.6) is 0 Å². The lowest BCUT2D eigenvalue weighted by Crippen LogP contribution is -2.21. The molecule has 1 atom stereocenters. The van der Waals surface area contributed by atoms with Crippen LogP contribution >= 0.6 is 34.9 Å². The minimum atomic E-state index is -0.557. The molecule has 0 spiro atoms. The van der Waals surface area contributed by atoms with Gasteiger partial charge in [0, 0.05) is 21.9 Å². The third-order valence-electron chi connectivity index (χ3n) is 3.61. The minimum absolute atomic E-state index is 0.557. The van der Waals surface area contributed by atoms with E-state index in [2.05, 4.69) is 30.9 Å². The number of rotatable bonds is 2. The van der Waals surface area contributed by atoms with E-state index < -0.39 is 5.41 Å². The maximum atomic E-state index is 9.82. The van der Waals surface area contributed by atoms with E-state index in [1.54, 1.807) is 34.9 Å². The predicted molar refractivity (Wildman–Crippen MR) is 103 cm³/mol. The third kappa shape index (κ3) is 3.51. The normalized spacial score (nSPS) is 16.1. The summed E-state index contributed by atoms with van der Waals surface area (Å²) in [5, 5.41) is 11.9. The highest BCUT2D eigenvalue weighted by atomic mass is 32.2. The highest BCUT2D eigenvalue weighted by molar-refractivity contribution is 8.25. The Labute approximate surface area is 149 Å². The second-order valence-corrected chi connectivity index (χ2v) is 8.61. The lowest BCUT2D eigenvalue weighted by molar-refractivity contribution is 0.775. The fourth-order valence-electron chi connectivity index (χ4n) is 2.35. The van der Waals surface area contributed by atoms with Crippen LogP contribution in [-0.4, -0.2) is 11.5 Å². The molecule has 4 heteroatoms. The van der Waals surface area contributed by atoms with Crippen LogP contribution < -0.4 is 0 Å². The summed E-state index contributed by atoms with van der Waals surface area (Å²) in [7, 11) is 0. The molecule has 0 bridgehead atoms. The number of nitrogens with zero attached hydrogens (tertiary/aromatic N) is 1. The van der Waals surface area contributed by atoms with Gasteiger partial charge >= 0.3 is 0 Å². The van der Waals surface area contributed by atoms with Crippen molar-refractivity contribution in [3.8, 4) is 17.9 Å². The average Bonchev–Trinajstić information content (AvgIpc) is 3.28. The van der Waals surface area contributed by atoms with E-state index in [1.807, 2.05) is 41.8 Å². The quantitative estimate of drug-likeness (QED) is 0.543. The summed E-state index contributed by atoms with van der Waals surface area (Å²) in [6, 6.07) is 16.5. The van der Waals surface area contributed by atoms with Gasteiger partial charge in [0.2, 0.25) is 0 Å². The van der Waals surface area contributed by atoms with Crippen molar-refractivity contribution in [1.29, 1.82) is 5.26 Å². The van der Waals surface area contributed by atoms with E-state index in [0.717, 1.165) is 31.8 Å². The summed E-state index contributed by atoms with van der Waals surface area (Å²) in [6.45, 7) is 2.07. The summed E-state index contributed by atoms with van der Waals surface area (Å²) in [5.74, 6) is 8.80. The highest BCUT2D eigenvalue weighted by Gasteiger charge is 2.34. The maximum absolute atomic E-state index is 9.82. The maximum Gasteiger partial charge on any atom is 0.0994 e. The van der Waals surface area contributed by atoms with Crippen molar-refractivity contribution in [1.82, 2.24) is 0 Å². The second-order valence-electron chi connectivity index (χ2n) is 5.19. The van der Waals surface area contributed by atoms with Crippen LogP contribution in [0.1, 0.15) is 17.4 Å². The van der Waals surface area contributed by atoms with Crippen LogP contribution in [0, 0.1) is 23.2 Å². The van der Waals surface area contributed by atoms with Crippen LogP contribution in [0.4, 0.5) is 0 Å². The van der Waals surface area contributed by atoms with Crippen LogP contribution in [0.15, 0.2) is 57.7 Å². The first kappa shape index (κ1) is 16.3. The number of thiophene rings is 1. The predicted octanol–water partition coefficient (Wildman–Crippen LogP) is 5.27. The largest absolute Gasteiger partial charge is 0.193 e. The smallest absolute Gasteiger partial charge is 0.0994 e. The number of benzene rings is 1. The molecule has 3 rings (SSSR count). The van der Waals surface area contributed by atoms with E-state index in [9.17, 15) is 5.26 Å². The monoisotopic (exact) mass is 353 g/mol. The number of hydrogen-bond acceptors (Lipinski definition) is 4. The molecule has 114 valence electrons. The number of nitriles is 1. The third-order valence-corrected chi connectivity index (χ3v) is 7.42. The van der Waals surface area contributed by atoms with Gasteiger partial charge in [0.25, 0.3) is 0 Å². The Morgan fingerprint density at radius 1 is 1.09 bits per heavy atom. The molecule has 2 heterocycles. The Hall–Kier alpha value is -1.59. The number of thioether (sulfide) groups is 2. The van der Waals surface area contributed by atoms with Crippen molar-refractivity contribution < 1.29 is 0 Å². The van der Waals surface area contributed by atoms with Crippen molar-refractivity contribution in [2.24, 2.45) is 0 Å². The molecule has 1 aromatic carbocycles. The molecule has 1 aromatic heterocycles. The Morgan fingerprint density at radius 2 is 1.83 bits per heavy atom. The lowest BCUT2D eigenvalue weighted by Gasteiger charge is -2.23. The van der Waals surface area contributed by atoms with Crippen molar-refractivity contribution >= 4 is 34.9 Å². The van der Waals surface area contributed by atoms with Crippen molar-refractivity contribution in [2.75, 3.05) is 11.5 Å². The van der Waals surface area contributed by atoms with Crippen molar-refractivity contribution in [3.05, 3.63) is 68.1 Å². The standard InChI is InChI=1S/C19H15NS3/c1-19(17-8-5-11-21-17,10-9-15-6-3-2-4-7-15)16(14-20)18-22-12-13-23-18/h2-8,11H,12-13H2,1H3. The zero-order valence-electron chi connectivity index (χ0n) is 12.7. The highest BCUT2D eigenvalue weighted by Crippen LogP contribution is 2.45. The van der Waals surface area contributed by atoms with Gasteiger partial charge in [-0.3, -0.25) is 0 Å². The molecular formula is C19H15NS3. The first-order valence-electron chi connectivity index (χ1n) is 7.27. The Bertz CT molecular complexity index is 796. The molecule has 0 aliphatic carbocycles. The van der Waals surface area contributed by atoms with E-state index in [-0.39, 0.29) is 0 Å². The van der Waals surface area contributed by atoms with Gasteiger partial charge in [-0.05, 0) is 30.5 Å². The van der Waals surface area contributed by atoms with Crippen LogP contribution in [0.2, 0.25) is 0 Å². The van der Waals surface area contributed by atoms with Gasteiger partial charge in [0.05, 0.1) is 21.3 Å². The van der Waals surface area contributed by atoms with Gasteiger partial charge in [-0.1, -0.05) is 36.1 Å². The molecule has 23 heavy (non-hydrogen) atoms. The van der Waals surface area contributed by atoms with Crippen molar-refractivity contribution in [3.63, 3.8) is 0 Å². The Balaban J connectivity index is 2.11. The molecule has 1 saturated heterocycles. The Morgan fingerprint density at radius 3 is 2.43 bits per heavy atom. The van der Waals surface area contributed by atoms with Gasteiger partial charge in [0.15, 0.2) is 0 Å². The molecule has 1 nitrogen and oxygen atoms in total. The first-order valence-corrected chi connectivity index (χ1v) is 10.1. The number of hydrogen-bond donors (Lipinski definition) is 0. The molecular weight excluding hydrogens is 338 g/mol. The van der Waals surface area contributed by atoms with E-state index >= 15 is 0 Å². The van der Waals surface area contributed by atoms with Gasteiger partial charge in [-0.2, -0.15) is 5.26 Å². The summed E-state index contributed by atoms with van der Waals surface area (Å²) < 4.78 is 1.13. The van der Waals surface area contributed by atoms with Crippen molar-refractivity contribution in [2.45, 2.75) is 12.3 Å². The molecule has 0 radical (unpaired) electrons. The van der Waals surface area contributed by atoms with Crippen LogP contribution in [0.3, 0.4) is 0 Å². The topological polar surface area (TPSA) is 23.8 Å². The molecule has 0 amide bonds. The van der Waals surface area contributed by atoms with Gasteiger partial charge in [0.1, 0.15) is 0 Å². The van der Waals surface area contributed by atoms with E-state index in [0.29, 0.717) is 0 Å².